The van der Waals surface area contributed by atoms with Gasteiger partial charge in [-0.2, -0.15) is 0 Å². The minimum Gasteiger partial charge on any atom is -0.295 e. The van der Waals surface area contributed by atoms with E-state index in [4.69, 9.17) is 0 Å². The Morgan fingerprint density at radius 3 is 2.36 bits per heavy atom. The van der Waals surface area contributed by atoms with Gasteiger partial charge in [0.2, 0.25) is 0 Å². The number of nitrogens with one attached hydrogen (secondary N) is 1. The summed E-state index contributed by atoms with van der Waals surface area (Å²) in [5.41, 5.74) is 3.98. The van der Waals surface area contributed by atoms with Crippen LogP contribution < -0.4 is 5.56 Å². The van der Waals surface area contributed by atoms with Gasteiger partial charge in [0.25, 0.3) is 11.2 Å². The molecule has 8 heteroatoms. The standard InChI is InChI=1S/C28H29BrN4O3/c1-16-7-22(4-5-24(16)29)32-27(34)23(17(2)31-32)15-30-25-6-3-21(11-26(25)33(35)36)28-12-18-8-19(13-28)10-20(9-18)14-28/h3-7,11,15,18-20,31H,8-10,12-14H2,1-2H3. The number of aryl methyl sites for hydroxylation is 2. The van der Waals surface area contributed by atoms with Crippen molar-refractivity contribution in [1.29, 1.82) is 0 Å². The monoisotopic (exact) mass is 548 g/mol. The van der Waals surface area contributed by atoms with Gasteiger partial charge in [0.15, 0.2) is 0 Å². The van der Waals surface area contributed by atoms with Crippen molar-refractivity contribution in [2.75, 3.05) is 0 Å². The average molecular weight is 549 g/mol. The SMILES string of the molecule is Cc1cc(-n2[nH]c(C)c(C=Nc3ccc(C45CC6CC(CC(C6)C4)C5)cc3[N+](=O)[O-])c2=O)ccc1Br. The average Bonchev–Trinajstić information content (AvgIpc) is 3.11. The van der Waals surface area contributed by atoms with Crippen molar-refractivity contribution in [3.05, 3.63) is 83.7 Å². The lowest BCUT2D eigenvalue weighted by atomic mass is 9.48. The zero-order chi connectivity index (χ0) is 25.2. The van der Waals surface area contributed by atoms with Gasteiger partial charge in [-0.1, -0.05) is 22.0 Å². The molecule has 0 spiro atoms. The van der Waals surface area contributed by atoms with Gasteiger partial charge in [0.1, 0.15) is 5.69 Å². The van der Waals surface area contributed by atoms with E-state index < -0.39 is 0 Å². The van der Waals surface area contributed by atoms with E-state index in [1.807, 2.05) is 31.2 Å². The van der Waals surface area contributed by atoms with Crippen molar-refractivity contribution < 1.29 is 4.92 Å². The van der Waals surface area contributed by atoms with E-state index in [9.17, 15) is 14.9 Å². The van der Waals surface area contributed by atoms with E-state index in [2.05, 4.69) is 26.0 Å². The van der Waals surface area contributed by atoms with E-state index in [0.29, 0.717) is 16.9 Å². The third kappa shape index (κ3) is 3.86. The highest BCUT2D eigenvalue weighted by Crippen LogP contribution is 2.61. The topological polar surface area (TPSA) is 93.3 Å². The molecular weight excluding hydrogens is 520 g/mol. The molecule has 1 N–H and O–H groups in total. The van der Waals surface area contributed by atoms with Gasteiger partial charge in [0.05, 0.1) is 16.2 Å². The third-order valence-corrected chi connectivity index (χ3v) is 9.56. The molecule has 7 nitrogen and oxygen atoms in total. The lowest BCUT2D eigenvalue weighted by Crippen LogP contribution is -2.48. The van der Waals surface area contributed by atoms with Crippen LogP contribution in [-0.4, -0.2) is 20.9 Å². The lowest BCUT2D eigenvalue weighted by molar-refractivity contribution is -0.384. The fourth-order valence-corrected chi connectivity index (χ4v) is 7.61. The second kappa shape index (κ2) is 8.54. The van der Waals surface area contributed by atoms with Crippen molar-refractivity contribution in [2.45, 2.75) is 57.8 Å². The molecule has 36 heavy (non-hydrogen) atoms. The molecule has 4 saturated carbocycles. The zero-order valence-corrected chi connectivity index (χ0v) is 22.0. The van der Waals surface area contributed by atoms with E-state index in [-0.39, 0.29) is 27.3 Å². The highest BCUT2D eigenvalue weighted by Gasteiger charge is 2.51. The van der Waals surface area contributed by atoms with Crippen molar-refractivity contribution >= 4 is 33.5 Å². The van der Waals surface area contributed by atoms with Crippen LogP contribution in [0.15, 0.2) is 50.7 Å². The summed E-state index contributed by atoms with van der Waals surface area (Å²) in [6.45, 7) is 3.76. The largest absolute Gasteiger partial charge is 0.295 e. The predicted molar refractivity (Wildman–Crippen MR) is 144 cm³/mol. The second-order valence-corrected chi connectivity index (χ2v) is 12.0. The van der Waals surface area contributed by atoms with Crippen LogP contribution in [0.25, 0.3) is 5.69 Å². The summed E-state index contributed by atoms with van der Waals surface area (Å²) in [5, 5.41) is 15.1. The molecule has 1 aromatic heterocycles. The van der Waals surface area contributed by atoms with E-state index >= 15 is 0 Å². The molecule has 0 saturated heterocycles. The number of nitro groups is 1. The summed E-state index contributed by atoms with van der Waals surface area (Å²) >= 11 is 3.48. The molecule has 0 radical (unpaired) electrons. The predicted octanol–water partition coefficient (Wildman–Crippen LogP) is 6.67. The zero-order valence-electron chi connectivity index (χ0n) is 20.5. The van der Waals surface area contributed by atoms with Gasteiger partial charge >= 0.3 is 0 Å². The highest BCUT2D eigenvalue weighted by molar-refractivity contribution is 9.10. The van der Waals surface area contributed by atoms with E-state index in [0.717, 1.165) is 52.6 Å². The van der Waals surface area contributed by atoms with Crippen molar-refractivity contribution in [1.82, 2.24) is 9.78 Å². The molecule has 0 atom stereocenters. The molecule has 1 heterocycles. The number of nitro benzene ring substituents is 1. The minimum absolute atomic E-state index is 0.0107. The highest BCUT2D eigenvalue weighted by atomic mass is 79.9. The molecule has 186 valence electrons. The molecule has 0 unspecified atom stereocenters. The summed E-state index contributed by atoms with van der Waals surface area (Å²) in [4.78, 5) is 29.3. The van der Waals surface area contributed by atoms with Crippen LogP contribution in [0.2, 0.25) is 0 Å². The molecule has 4 aliphatic carbocycles. The molecule has 7 rings (SSSR count). The first-order valence-electron chi connectivity index (χ1n) is 12.6. The van der Waals surface area contributed by atoms with E-state index in [1.165, 1.54) is 30.2 Å². The summed E-state index contributed by atoms with van der Waals surface area (Å²) in [6.07, 6.45) is 8.89. The Morgan fingerprint density at radius 2 is 1.75 bits per heavy atom. The fourth-order valence-electron chi connectivity index (χ4n) is 7.37. The summed E-state index contributed by atoms with van der Waals surface area (Å²) in [7, 11) is 0. The molecule has 0 aliphatic heterocycles. The Kier molecular flexibility index (Phi) is 5.55. The fraction of sp³-hybridized carbons (Fsp3) is 0.429. The van der Waals surface area contributed by atoms with Gasteiger partial charge in [-0.05, 0) is 111 Å². The molecule has 4 fully saturated rings. The van der Waals surface area contributed by atoms with Crippen LogP contribution in [0.4, 0.5) is 11.4 Å². The second-order valence-electron chi connectivity index (χ2n) is 11.1. The lowest BCUT2D eigenvalue weighted by Gasteiger charge is -2.57. The molecular formula is C28H29BrN4O3. The first kappa shape index (κ1) is 23.4. The van der Waals surface area contributed by atoms with Gasteiger partial charge in [0, 0.05) is 22.4 Å². The maximum absolute atomic E-state index is 13.1. The Morgan fingerprint density at radius 1 is 1.08 bits per heavy atom. The molecule has 4 aliphatic rings. The first-order valence-corrected chi connectivity index (χ1v) is 13.4. The van der Waals surface area contributed by atoms with Crippen LogP contribution in [0.1, 0.15) is 60.9 Å². The summed E-state index contributed by atoms with van der Waals surface area (Å²) in [6, 6.07) is 11.2. The number of H-pyrrole nitrogens is 1. The van der Waals surface area contributed by atoms with Gasteiger partial charge < -0.3 is 0 Å². The van der Waals surface area contributed by atoms with E-state index in [1.54, 1.807) is 19.1 Å². The third-order valence-electron chi connectivity index (χ3n) is 8.67. The first-order chi connectivity index (χ1) is 17.2. The molecule has 4 bridgehead atoms. The number of nitrogens with zero attached hydrogens (tertiary/aromatic N) is 3. The number of hydrogen-bond donors (Lipinski definition) is 1. The van der Waals surface area contributed by atoms with Gasteiger partial charge in [-0.3, -0.25) is 20.0 Å². The summed E-state index contributed by atoms with van der Waals surface area (Å²) in [5.74, 6) is 2.30. The Balaban J connectivity index is 1.34. The smallest absolute Gasteiger partial charge is 0.295 e. The van der Waals surface area contributed by atoms with Crippen molar-refractivity contribution in [3.63, 3.8) is 0 Å². The number of aromatic nitrogens is 2. The maximum Gasteiger partial charge on any atom is 0.295 e. The number of benzene rings is 2. The minimum atomic E-state index is -0.344. The van der Waals surface area contributed by atoms with Crippen LogP contribution in [0.3, 0.4) is 0 Å². The van der Waals surface area contributed by atoms with Crippen LogP contribution in [0.5, 0.6) is 0 Å². The normalized spacial score (nSPS) is 26.7. The Bertz CT molecular complexity index is 1430. The van der Waals surface area contributed by atoms with Gasteiger partial charge in [-0.15, -0.1) is 0 Å². The van der Waals surface area contributed by atoms with Crippen molar-refractivity contribution in [2.24, 2.45) is 22.7 Å². The number of rotatable bonds is 5. The number of aromatic amines is 1. The Labute approximate surface area is 217 Å². The summed E-state index contributed by atoms with van der Waals surface area (Å²) < 4.78 is 2.44. The van der Waals surface area contributed by atoms with Crippen molar-refractivity contribution in [3.8, 4) is 5.69 Å². The molecule has 2 aromatic carbocycles. The Hall–Kier alpha value is -3.00. The van der Waals surface area contributed by atoms with Crippen LogP contribution in [-0.2, 0) is 5.41 Å². The van der Waals surface area contributed by atoms with Crippen LogP contribution in [0, 0.1) is 41.7 Å². The van der Waals surface area contributed by atoms with Crippen LogP contribution >= 0.6 is 15.9 Å². The quantitative estimate of drug-likeness (QED) is 0.219. The molecule has 0 amide bonds. The van der Waals surface area contributed by atoms with Gasteiger partial charge in [-0.25, -0.2) is 9.67 Å². The maximum atomic E-state index is 13.1. The number of halogens is 1. The molecule has 3 aromatic rings. The number of hydrogen-bond acceptors (Lipinski definition) is 4. The number of aliphatic imine (C=N–C) groups is 1.